The van der Waals surface area contributed by atoms with Crippen LogP contribution in [0, 0.1) is 18.8 Å². The van der Waals surface area contributed by atoms with Gasteiger partial charge in [-0.1, -0.05) is 26.7 Å². The normalized spacial score (nSPS) is 29.3. The lowest BCUT2D eigenvalue weighted by atomic mass is 10.0. The van der Waals surface area contributed by atoms with Gasteiger partial charge >= 0.3 is 0 Å². The molecule has 0 saturated heterocycles. The highest BCUT2D eigenvalue weighted by Crippen LogP contribution is 2.34. The third kappa shape index (κ3) is 2.00. The Hall–Kier alpha value is 0. The van der Waals surface area contributed by atoms with E-state index in [1.54, 1.807) is 5.92 Å². The van der Waals surface area contributed by atoms with Crippen molar-refractivity contribution in [3.63, 3.8) is 0 Å². The molecule has 0 aromatic rings. The van der Waals surface area contributed by atoms with Crippen LogP contribution in [0.15, 0.2) is 0 Å². The summed E-state index contributed by atoms with van der Waals surface area (Å²) in [4.78, 5) is 0. The van der Waals surface area contributed by atoms with E-state index < -0.39 is 0 Å². The van der Waals surface area contributed by atoms with Gasteiger partial charge in [-0.3, -0.25) is 0 Å². The lowest BCUT2D eigenvalue weighted by molar-refractivity contribution is 0.610. The fourth-order valence-electron chi connectivity index (χ4n) is 1.62. The van der Waals surface area contributed by atoms with Crippen LogP contribution in [0.2, 0.25) is 0 Å². The van der Waals surface area contributed by atoms with Crippen molar-refractivity contribution in [2.24, 2.45) is 5.92 Å². The van der Waals surface area contributed by atoms with E-state index in [4.69, 9.17) is 0 Å². The van der Waals surface area contributed by atoms with Gasteiger partial charge in [0.05, 0.1) is 0 Å². The average molecular weight is 124 g/mol. The number of hydrogen-bond donors (Lipinski definition) is 0. The van der Waals surface area contributed by atoms with Crippen molar-refractivity contribution in [2.45, 2.75) is 39.0 Å². The predicted octanol–water partition coefficient (Wildman–Crippen LogP) is 3.00. The Morgan fingerprint density at radius 3 is 2.89 bits per heavy atom. The van der Waals surface area contributed by atoms with E-state index in [1.807, 2.05) is 0 Å². The van der Waals surface area contributed by atoms with Crippen LogP contribution in [-0.4, -0.2) is 0 Å². The highest BCUT2D eigenvalue weighted by Gasteiger charge is 2.20. The summed E-state index contributed by atoms with van der Waals surface area (Å²) in [6.07, 6.45) is 6.58. The van der Waals surface area contributed by atoms with Crippen LogP contribution < -0.4 is 0 Å². The summed E-state index contributed by atoms with van der Waals surface area (Å²) in [6, 6.07) is 0. The molecule has 0 aliphatic heterocycles. The highest BCUT2D eigenvalue weighted by atomic mass is 14.2. The van der Waals surface area contributed by atoms with Gasteiger partial charge in [0.2, 0.25) is 0 Å². The minimum atomic E-state index is 0.964. The van der Waals surface area contributed by atoms with Gasteiger partial charge < -0.3 is 0 Å². The molecule has 1 rings (SSSR count). The summed E-state index contributed by atoms with van der Waals surface area (Å²) in [7, 11) is 0. The smallest absolute Gasteiger partial charge is 0.0238 e. The van der Waals surface area contributed by atoms with Crippen LogP contribution in [0.25, 0.3) is 0 Å². The zero-order valence-electron chi connectivity index (χ0n) is 6.32. The summed E-state index contributed by atoms with van der Waals surface area (Å²) in [6.45, 7) is 6.20. The average Bonchev–Trinajstić information content (AvgIpc) is 2.17. The minimum absolute atomic E-state index is 0.964. The van der Waals surface area contributed by atoms with Crippen LogP contribution in [0.5, 0.6) is 0 Å². The van der Waals surface area contributed by atoms with Gasteiger partial charge in [-0.25, -0.2) is 0 Å². The molecule has 1 unspecified atom stereocenters. The van der Waals surface area contributed by atoms with Crippen molar-refractivity contribution in [1.29, 1.82) is 0 Å². The maximum atomic E-state index is 3.85. The van der Waals surface area contributed by atoms with E-state index in [2.05, 4.69) is 13.8 Å². The molecule has 0 aromatic heterocycles. The van der Waals surface area contributed by atoms with Crippen LogP contribution >= 0.6 is 0 Å². The number of hydrogen-bond acceptors (Lipinski definition) is 0. The molecule has 1 aliphatic rings. The molecular formula is C9H16. The second kappa shape index (κ2) is 3.24. The molecule has 2 radical (unpaired) electrons. The van der Waals surface area contributed by atoms with Gasteiger partial charge in [-0.05, 0) is 31.1 Å². The first-order chi connectivity index (χ1) is 4.33. The van der Waals surface area contributed by atoms with E-state index in [0.29, 0.717) is 0 Å². The molecule has 0 N–H and O–H groups in total. The standard InChI is InChI=1S/C9H16/c1-3-4-9-6-5-8(2)7-9/h8H,1,3-7H2,2H3. The molecule has 1 atom stereocenters. The van der Waals surface area contributed by atoms with Crippen LogP contribution in [-0.2, 0) is 0 Å². The molecule has 0 aromatic carbocycles. The third-order valence-electron chi connectivity index (χ3n) is 2.16. The summed E-state index contributed by atoms with van der Waals surface area (Å²) in [5, 5.41) is 0. The Balaban J connectivity index is 2.14. The van der Waals surface area contributed by atoms with Crippen molar-refractivity contribution in [1.82, 2.24) is 0 Å². The Morgan fingerprint density at radius 1 is 1.67 bits per heavy atom. The van der Waals surface area contributed by atoms with E-state index in [1.165, 1.54) is 25.7 Å². The summed E-state index contributed by atoms with van der Waals surface area (Å²) in [5.41, 5.74) is 0. The second-order valence-corrected chi connectivity index (χ2v) is 3.20. The Labute approximate surface area is 58.7 Å². The summed E-state index contributed by atoms with van der Waals surface area (Å²) in [5.74, 6) is 2.73. The van der Waals surface area contributed by atoms with Gasteiger partial charge in [0.15, 0.2) is 0 Å². The largest absolute Gasteiger partial charge is 0.0625 e. The van der Waals surface area contributed by atoms with Crippen molar-refractivity contribution in [3.05, 3.63) is 12.8 Å². The lowest BCUT2D eigenvalue weighted by Gasteiger charge is -2.04. The van der Waals surface area contributed by atoms with Gasteiger partial charge in [-0.15, -0.1) is 0 Å². The van der Waals surface area contributed by atoms with E-state index in [9.17, 15) is 0 Å². The molecular weight excluding hydrogens is 108 g/mol. The van der Waals surface area contributed by atoms with Crippen LogP contribution in [0.4, 0.5) is 0 Å². The molecule has 0 heteroatoms. The second-order valence-electron chi connectivity index (χ2n) is 3.20. The molecule has 0 amide bonds. The Bertz CT molecular complexity index is 74.1. The number of rotatable bonds is 2. The van der Waals surface area contributed by atoms with Crippen molar-refractivity contribution in [3.8, 4) is 0 Å². The maximum absolute atomic E-state index is 3.85. The predicted molar refractivity (Wildman–Crippen MR) is 40.8 cm³/mol. The molecule has 1 aliphatic carbocycles. The summed E-state index contributed by atoms with van der Waals surface area (Å²) >= 11 is 0. The van der Waals surface area contributed by atoms with E-state index in [0.717, 1.165) is 12.3 Å². The topological polar surface area (TPSA) is 0 Å². The fraction of sp³-hybridized carbons (Fsp3) is 0.778. The first-order valence-corrected chi connectivity index (χ1v) is 3.95. The fourth-order valence-corrected chi connectivity index (χ4v) is 1.62. The van der Waals surface area contributed by atoms with Gasteiger partial charge in [0, 0.05) is 0 Å². The molecule has 0 heterocycles. The maximum Gasteiger partial charge on any atom is -0.0238 e. The van der Waals surface area contributed by atoms with Crippen molar-refractivity contribution in [2.75, 3.05) is 0 Å². The highest BCUT2D eigenvalue weighted by molar-refractivity contribution is 4.96. The molecule has 0 spiro atoms. The van der Waals surface area contributed by atoms with Gasteiger partial charge in [0.25, 0.3) is 0 Å². The van der Waals surface area contributed by atoms with E-state index >= 15 is 0 Å². The van der Waals surface area contributed by atoms with Crippen LogP contribution in [0.1, 0.15) is 39.0 Å². The molecule has 0 nitrogen and oxygen atoms in total. The Kier molecular flexibility index (Phi) is 2.56. The quantitative estimate of drug-likeness (QED) is 0.531. The molecule has 52 valence electrons. The minimum Gasteiger partial charge on any atom is -0.0625 e. The van der Waals surface area contributed by atoms with Gasteiger partial charge in [0.1, 0.15) is 0 Å². The van der Waals surface area contributed by atoms with Gasteiger partial charge in [-0.2, -0.15) is 0 Å². The Morgan fingerprint density at radius 2 is 2.44 bits per heavy atom. The molecule has 1 fully saturated rings. The first kappa shape index (κ1) is 7.11. The van der Waals surface area contributed by atoms with Crippen LogP contribution in [0.3, 0.4) is 0 Å². The first-order valence-electron chi connectivity index (χ1n) is 3.95. The van der Waals surface area contributed by atoms with Crippen molar-refractivity contribution >= 4 is 0 Å². The zero-order chi connectivity index (χ0) is 6.69. The zero-order valence-corrected chi connectivity index (χ0v) is 6.32. The summed E-state index contributed by atoms with van der Waals surface area (Å²) < 4.78 is 0. The molecule has 9 heavy (non-hydrogen) atoms. The van der Waals surface area contributed by atoms with Crippen molar-refractivity contribution < 1.29 is 0 Å². The lowest BCUT2D eigenvalue weighted by Crippen LogP contribution is -1.89. The molecule has 1 saturated carbocycles. The molecule has 0 bridgehead atoms. The van der Waals surface area contributed by atoms with E-state index in [-0.39, 0.29) is 0 Å². The monoisotopic (exact) mass is 124 g/mol. The SMILES string of the molecule is [CH2]CC[C]1CCC(C)C1. The third-order valence-corrected chi connectivity index (χ3v) is 2.16.